The second-order valence-corrected chi connectivity index (χ2v) is 21.6. The number of aliphatic hydroxyl groups excluding tert-OH is 1. The first-order valence-corrected chi connectivity index (χ1v) is 26.8. The Hall–Kier alpha value is -6.09. The zero-order valence-electron chi connectivity index (χ0n) is 42.0. The number of aromatic nitrogens is 5. The number of hydrogen-bond donors (Lipinski definition) is 3. The van der Waals surface area contributed by atoms with Crippen molar-refractivity contribution < 1.29 is 23.1 Å². The van der Waals surface area contributed by atoms with E-state index in [9.17, 15) is 23.1 Å². The molecule has 0 bridgehead atoms. The van der Waals surface area contributed by atoms with Crippen molar-refractivity contribution in [3.05, 3.63) is 131 Å². The van der Waals surface area contributed by atoms with Crippen molar-refractivity contribution in [2.45, 2.75) is 122 Å². The summed E-state index contributed by atoms with van der Waals surface area (Å²) < 4.78 is 42.8. The molecule has 0 atom stereocenters. The van der Waals surface area contributed by atoms with E-state index in [-0.39, 0.29) is 30.5 Å². The number of likely N-dealkylation sites (tertiary alicyclic amines) is 2. The van der Waals surface area contributed by atoms with Crippen molar-refractivity contribution in [3.63, 3.8) is 0 Å². The van der Waals surface area contributed by atoms with E-state index in [0.717, 1.165) is 117 Å². The van der Waals surface area contributed by atoms with Gasteiger partial charge in [0.05, 0.1) is 18.0 Å². The van der Waals surface area contributed by atoms with Crippen LogP contribution in [0.25, 0.3) is 44.2 Å². The second kappa shape index (κ2) is 21.4. The molecular weight excluding hydrogens is 924 g/mol. The number of amides is 1. The van der Waals surface area contributed by atoms with Gasteiger partial charge in [-0.3, -0.25) is 14.4 Å². The van der Waals surface area contributed by atoms with Crippen LogP contribution in [0, 0.1) is 24.7 Å². The number of rotatable bonds is 16. The van der Waals surface area contributed by atoms with Gasteiger partial charge in [0.25, 0.3) is 5.91 Å². The van der Waals surface area contributed by atoms with Crippen LogP contribution >= 0.6 is 0 Å². The Bertz CT molecular complexity index is 3010. The number of anilines is 1. The summed E-state index contributed by atoms with van der Waals surface area (Å²) >= 11 is 0. The lowest BCUT2D eigenvalue weighted by molar-refractivity contribution is -0.131. The van der Waals surface area contributed by atoms with Crippen molar-refractivity contribution in [2.75, 3.05) is 38.0 Å². The van der Waals surface area contributed by atoms with E-state index in [1.165, 1.54) is 58.9 Å². The van der Waals surface area contributed by atoms with E-state index in [1.807, 2.05) is 12.1 Å². The Morgan fingerprint density at radius 2 is 1.42 bits per heavy atom. The van der Waals surface area contributed by atoms with Crippen molar-refractivity contribution >= 4 is 33.8 Å². The molecule has 2 saturated carbocycles. The SMILES string of the molecule is Cc1cc(CNCc2ccc(C(=O)N3CCC(C4CCN(Cc5ccc(-c6cn([C@H]7CC[C@H](O)CC7)c7nc(NCCC(F)(F)F)ncc67)cc5)CC4)CC3)cc2)ccc1-c1ccc2nn(CC3CC3)cc2c1. The van der Waals surface area contributed by atoms with Crippen LogP contribution < -0.4 is 10.6 Å². The Balaban J connectivity index is 0.622. The van der Waals surface area contributed by atoms with Crippen LogP contribution in [0.1, 0.15) is 109 Å². The van der Waals surface area contributed by atoms with Gasteiger partial charge in [-0.1, -0.05) is 60.7 Å². The fourth-order valence-electron chi connectivity index (χ4n) is 11.8. The number of alkyl halides is 3. The lowest BCUT2D eigenvalue weighted by Gasteiger charge is -2.40. The van der Waals surface area contributed by atoms with E-state index in [0.29, 0.717) is 30.3 Å². The van der Waals surface area contributed by atoms with Crippen LogP contribution in [0.15, 0.2) is 104 Å². The maximum absolute atomic E-state index is 13.6. The molecular formula is C59H68F3N9O2. The number of carbonyl (C=O) groups excluding carboxylic acids is 1. The lowest BCUT2D eigenvalue weighted by Crippen LogP contribution is -2.42. The number of benzene rings is 4. The molecule has 7 aromatic rings. The third-order valence-corrected chi connectivity index (χ3v) is 16.3. The number of hydrogen-bond acceptors (Lipinski definition) is 8. The molecule has 3 N–H and O–H groups in total. The molecule has 0 radical (unpaired) electrons. The van der Waals surface area contributed by atoms with Gasteiger partial charge < -0.3 is 25.2 Å². The highest BCUT2D eigenvalue weighted by molar-refractivity contribution is 5.95. The molecule has 5 heterocycles. The molecule has 2 aliphatic carbocycles. The minimum Gasteiger partial charge on any atom is -0.393 e. The molecule has 4 aromatic carbocycles. The van der Waals surface area contributed by atoms with Gasteiger partial charge in [0.2, 0.25) is 5.95 Å². The van der Waals surface area contributed by atoms with Gasteiger partial charge >= 0.3 is 6.18 Å². The van der Waals surface area contributed by atoms with E-state index in [1.54, 1.807) is 6.20 Å². The normalized spacial score (nSPS) is 19.5. The first-order chi connectivity index (χ1) is 35.4. The second-order valence-electron chi connectivity index (χ2n) is 21.6. The van der Waals surface area contributed by atoms with Crippen molar-refractivity contribution in [2.24, 2.45) is 17.8 Å². The van der Waals surface area contributed by atoms with Gasteiger partial charge in [-0.25, -0.2) is 4.98 Å². The van der Waals surface area contributed by atoms with E-state index in [4.69, 9.17) is 10.1 Å². The Morgan fingerprint density at radius 3 is 2.14 bits per heavy atom. The monoisotopic (exact) mass is 992 g/mol. The number of nitrogens with zero attached hydrogens (tertiary/aromatic N) is 7. The summed E-state index contributed by atoms with van der Waals surface area (Å²) in [7, 11) is 0. The van der Waals surface area contributed by atoms with Gasteiger partial charge in [-0.15, -0.1) is 0 Å². The number of nitrogens with one attached hydrogen (secondary N) is 2. The Morgan fingerprint density at radius 1 is 0.740 bits per heavy atom. The number of aliphatic hydroxyl groups is 1. The van der Waals surface area contributed by atoms with Gasteiger partial charge in [-0.2, -0.15) is 23.3 Å². The molecule has 11 rings (SSSR count). The van der Waals surface area contributed by atoms with Gasteiger partial charge in [0.1, 0.15) is 5.65 Å². The van der Waals surface area contributed by atoms with Gasteiger partial charge in [0.15, 0.2) is 0 Å². The Labute approximate surface area is 426 Å². The number of piperidine rings is 2. The molecule has 73 heavy (non-hydrogen) atoms. The number of halogens is 3. The molecule has 382 valence electrons. The standard InChI is InChI=1S/C59H68F3N9O2/c1-39-30-43(8-18-52(39)48-13-19-55-49(31-48)37-70(67-55)36-42-2-3-42)33-63-32-40-4-11-47(12-5-40)57(73)69-28-22-45(23-29-69)44-20-26-68(27-21-44)35-41-6-9-46(10-7-41)54-38-71(50-14-16-51(72)17-15-50)56-53(54)34-65-58(66-56)64-25-24-59(60,61)62/h4-13,18-19,30-31,34,37-38,42,44-45,50-51,63,72H,2-3,14-17,20-29,32-33,35-36H2,1H3,(H,64,65,66)/t50-,51-. The molecule has 0 spiro atoms. The van der Waals surface area contributed by atoms with Crippen molar-refractivity contribution in [1.29, 1.82) is 0 Å². The third kappa shape index (κ3) is 11.8. The van der Waals surface area contributed by atoms with Crippen molar-refractivity contribution in [3.8, 4) is 22.3 Å². The zero-order chi connectivity index (χ0) is 50.1. The topological polar surface area (TPSA) is 116 Å². The minimum absolute atomic E-state index is 0.134. The Kier molecular flexibility index (Phi) is 14.4. The average Bonchev–Trinajstić information content (AvgIpc) is 4.00. The quantitative estimate of drug-likeness (QED) is 0.0877. The molecule has 3 aromatic heterocycles. The molecule has 0 unspecified atom stereocenters. The highest BCUT2D eigenvalue weighted by Crippen LogP contribution is 2.38. The third-order valence-electron chi connectivity index (χ3n) is 16.3. The largest absolute Gasteiger partial charge is 0.393 e. The summed E-state index contributed by atoms with van der Waals surface area (Å²) in [5.41, 5.74) is 11.9. The van der Waals surface area contributed by atoms with Gasteiger partial charge in [0, 0.05) is 92.3 Å². The summed E-state index contributed by atoms with van der Waals surface area (Å²) in [6, 6.07) is 30.3. The van der Waals surface area contributed by atoms with E-state index in [2.05, 4.69) is 127 Å². The van der Waals surface area contributed by atoms with Crippen molar-refractivity contribution in [1.82, 2.24) is 39.4 Å². The fraction of sp³-hybridized carbons (Fsp3) is 0.458. The number of fused-ring (bicyclic) bond motifs is 2. The van der Waals surface area contributed by atoms with Crippen LogP contribution in [-0.4, -0.2) is 90.1 Å². The molecule has 4 fully saturated rings. The van der Waals surface area contributed by atoms with Crippen LogP contribution in [0.4, 0.5) is 19.1 Å². The highest BCUT2D eigenvalue weighted by Gasteiger charge is 2.32. The maximum atomic E-state index is 13.6. The predicted molar refractivity (Wildman–Crippen MR) is 282 cm³/mol. The van der Waals surface area contributed by atoms with Crippen LogP contribution in [-0.2, 0) is 26.2 Å². The van der Waals surface area contributed by atoms with Gasteiger partial charge in [-0.05, 0) is 165 Å². The number of aryl methyl sites for hydroxylation is 1. The molecule has 2 saturated heterocycles. The summed E-state index contributed by atoms with van der Waals surface area (Å²) in [4.78, 5) is 27.4. The summed E-state index contributed by atoms with van der Waals surface area (Å²) in [6.45, 7) is 9.05. The summed E-state index contributed by atoms with van der Waals surface area (Å²) in [5, 5.41) is 23.4. The van der Waals surface area contributed by atoms with Crippen LogP contribution in [0.2, 0.25) is 0 Å². The smallest absolute Gasteiger partial charge is 0.390 e. The summed E-state index contributed by atoms with van der Waals surface area (Å²) in [5.74, 6) is 2.44. The highest BCUT2D eigenvalue weighted by atomic mass is 19.4. The lowest BCUT2D eigenvalue weighted by atomic mass is 9.78. The predicted octanol–water partition coefficient (Wildman–Crippen LogP) is 11.7. The van der Waals surface area contributed by atoms with Crippen LogP contribution in [0.5, 0.6) is 0 Å². The summed E-state index contributed by atoms with van der Waals surface area (Å²) in [6.07, 6.45) is 10.6. The average molecular weight is 992 g/mol. The maximum Gasteiger partial charge on any atom is 0.390 e. The first-order valence-electron chi connectivity index (χ1n) is 26.8. The first kappa shape index (κ1) is 49.1. The molecule has 4 aliphatic rings. The van der Waals surface area contributed by atoms with E-state index < -0.39 is 12.6 Å². The molecule has 2 aliphatic heterocycles. The fourth-order valence-corrected chi connectivity index (χ4v) is 11.8. The van der Waals surface area contributed by atoms with Crippen LogP contribution in [0.3, 0.4) is 0 Å². The molecule has 14 heteroatoms. The molecule has 1 amide bonds. The zero-order valence-corrected chi connectivity index (χ0v) is 42.0. The number of carbonyl (C=O) groups is 1. The minimum atomic E-state index is -4.26. The molecule has 11 nitrogen and oxygen atoms in total. The van der Waals surface area contributed by atoms with E-state index >= 15 is 0 Å².